The zero-order valence-corrected chi connectivity index (χ0v) is 9.73. The molecule has 0 unspecified atom stereocenters. The Kier molecular flexibility index (Phi) is 7.19. The molecule has 2 N–H and O–H groups in total. The Morgan fingerprint density at radius 2 is 2.00 bits per heavy atom. The highest BCUT2D eigenvalue weighted by molar-refractivity contribution is 5.94. The van der Waals surface area contributed by atoms with Crippen LogP contribution in [0.25, 0.3) is 0 Å². The first kappa shape index (κ1) is 15.0. The predicted molar refractivity (Wildman–Crippen MR) is 61.1 cm³/mol. The molecule has 0 spiro atoms. The lowest BCUT2D eigenvalue weighted by molar-refractivity contribution is -0.137. The maximum absolute atomic E-state index is 11.5. The monoisotopic (exact) mass is 240 g/mol. The van der Waals surface area contributed by atoms with Crippen molar-refractivity contribution in [3.63, 3.8) is 0 Å². The fourth-order valence-corrected chi connectivity index (χ4v) is 1.10. The van der Waals surface area contributed by atoms with E-state index in [2.05, 4.69) is 11.2 Å². The Bertz CT molecular complexity index is 333. The van der Waals surface area contributed by atoms with Gasteiger partial charge in [-0.3, -0.25) is 14.9 Å². The Morgan fingerprint density at radius 3 is 2.47 bits per heavy atom. The first-order valence-corrected chi connectivity index (χ1v) is 5.25. The van der Waals surface area contributed by atoms with E-state index in [1.165, 1.54) is 4.90 Å². The molecule has 0 aromatic carbocycles. The van der Waals surface area contributed by atoms with Crippen LogP contribution in [-0.2, 0) is 9.59 Å². The van der Waals surface area contributed by atoms with Crippen molar-refractivity contribution in [1.29, 1.82) is 0 Å². The van der Waals surface area contributed by atoms with Gasteiger partial charge in [0.15, 0.2) is 0 Å². The van der Waals surface area contributed by atoms with E-state index in [-0.39, 0.29) is 25.8 Å². The third kappa shape index (κ3) is 6.95. The molecular formula is C11H16N2O4. The molecule has 0 saturated carbocycles. The Labute approximate surface area is 100.0 Å². The maximum Gasteiger partial charge on any atom is 0.324 e. The molecule has 0 heterocycles. The third-order valence-corrected chi connectivity index (χ3v) is 1.99. The number of aliphatic carboxylic acids is 1. The van der Waals surface area contributed by atoms with Gasteiger partial charge in [-0.1, -0.05) is 5.92 Å². The minimum atomic E-state index is -0.966. The molecule has 0 aliphatic carbocycles. The van der Waals surface area contributed by atoms with E-state index >= 15 is 0 Å². The van der Waals surface area contributed by atoms with E-state index in [0.29, 0.717) is 6.54 Å². The lowest BCUT2D eigenvalue weighted by atomic mass is 10.2. The molecule has 0 aliphatic rings. The maximum atomic E-state index is 11.5. The predicted octanol–water partition coefficient (Wildman–Crippen LogP) is 0.433. The fraction of sp³-hybridized carbons (Fsp3) is 0.545. The molecule has 6 nitrogen and oxygen atoms in total. The lowest BCUT2D eigenvalue weighted by Gasteiger charge is -2.17. The number of imide groups is 1. The molecule has 17 heavy (non-hydrogen) atoms. The summed E-state index contributed by atoms with van der Waals surface area (Å²) in [5, 5.41) is 10.5. The van der Waals surface area contributed by atoms with Crippen LogP contribution in [0.5, 0.6) is 0 Å². The van der Waals surface area contributed by atoms with Gasteiger partial charge in [0.2, 0.25) is 5.91 Å². The second-order valence-electron chi connectivity index (χ2n) is 3.32. The number of rotatable bonds is 6. The largest absolute Gasteiger partial charge is 0.481 e. The molecule has 0 aliphatic heterocycles. The number of carboxylic acid groups (broad SMARTS) is 1. The van der Waals surface area contributed by atoms with Gasteiger partial charge in [-0.2, -0.15) is 0 Å². The number of terminal acetylenes is 1. The van der Waals surface area contributed by atoms with Gasteiger partial charge in [-0.25, -0.2) is 4.79 Å². The summed E-state index contributed by atoms with van der Waals surface area (Å²) in [6.07, 6.45) is 5.18. The van der Waals surface area contributed by atoms with Gasteiger partial charge in [0.25, 0.3) is 0 Å². The van der Waals surface area contributed by atoms with Crippen molar-refractivity contribution in [1.82, 2.24) is 10.2 Å². The van der Waals surface area contributed by atoms with Crippen molar-refractivity contribution in [2.24, 2.45) is 0 Å². The molecule has 0 fully saturated rings. The van der Waals surface area contributed by atoms with Crippen molar-refractivity contribution in [2.45, 2.75) is 26.2 Å². The van der Waals surface area contributed by atoms with Crippen molar-refractivity contribution in [3.05, 3.63) is 0 Å². The molecule has 0 bridgehead atoms. The van der Waals surface area contributed by atoms with Crippen LogP contribution in [0.15, 0.2) is 0 Å². The molecule has 0 aromatic heterocycles. The highest BCUT2D eigenvalue weighted by atomic mass is 16.4. The quantitative estimate of drug-likeness (QED) is 0.659. The van der Waals surface area contributed by atoms with Gasteiger partial charge in [0, 0.05) is 19.4 Å². The smallest absolute Gasteiger partial charge is 0.324 e. The van der Waals surface area contributed by atoms with Gasteiger partial charge in [0.05, 0.1) is 6.54 Å². The summed E-state index contributed by atoms with van der Waals surface area (Å²) in [6.45, 7) is 2.27. The van der Waals surface area contributed by atoms with Gasteiger partial charge in [0.1, 0.15) is 0 Å². The molecule has 0 radical (unpaired) electrons. The van der Waals surface area contributed by atoms with Crippen molar-refractivity contribution >= 4 is 17.9 Å². The van der Waals surface area contributed by atoms with Crippen LogP contribution in [0.1, 0.15) is 26.2 Å². The standard InChI is InChI=1S/C11H16N2O4/c1-3-8-13(4-2)11(17)12-9(14)6-5-7-10(15)16/h1H,4-8H2,2H3,(H,15,16)(H,12,14,17). The summed E-state index contributed by atoms with van der Waals surface area (Å²) >= 11 is 0. The number of carbonyl (C=O) groups is 3. The Morgan fingerprint density at radius 1 is 1.35 bits per heavy atom. The number of hydrogen-bond acceptors (Lipinski definition) is 3. The molecule has 3 amide bonds. The van der Waals surface area contributed by atoms with Crippen LogP contribution in [0, 0.1) is 12.3 Å². The van der Waals surface area contributed by atoms with Gasteiger partial charge in [-0.15, -0.1) is 6.42 Å². The second kappa shape index (κ2) is 8.16. The van der Waals surface area contributed by atoms with Crippen LogP contribution in [0.3, 0.4) is 0 Å². The number of amides is 3. The van der Waals surface area contributed by atoms with Gasteiger partial charge in [-0.05, 0) is 13.3 Å². The average Bonchev–Trinajstić information content (AvgIpc) is 2.24. The van der Waals surface area contributed by atoms with Crippen molar-refractivity contribution in [2.75, 3.05) is 13.1 Å². The number of hydrogen-bond donors (Lipinski definition) is 2. The van der Waals surface area contributed by atoms with E-state index in [0.717, 1.165) is 0 Å². The van der Waals surface area contributed by atoms with E-state index in [1.807, 2.05) is 0 Å². The Balaban J connectivity index is 3.98. The average molecular weight is 240 g/mol. The van der Waals surface area contributed by atoms with Gasteiger partial charge < -0.3 is 10.0 Å². The third-order valence-electron chi connectivity index (χ3n) is 1.99. The summed E-state index contributed by atoms with van der Waals surface area (Å²) in [5.41, 5.74) is 0. The van der Waals surface area contributed by atoms with Crippen LogP contribution < -0.4 is 5.32 Å². The van der Waals surface area contributed by atoms with Crippen LogP contribution in [-0.4, -0.2) is 41.0 Å². The zero-order chi connectivity index (χ0) is 13.3. The topological polar surface area (TPSA) is 86.7 Å². The van der Waals surface area contributed by atoms with Crippen molar-refractivity contribution in [3.8, 4) is 12.3 Å². The number of nitrogens with one attached hydrogen (secondary N) is 1. The van der Waals surface area contributed by atoms with Crippen LogP contribution >= 0.6 is 0 Å². The molecule has 94 valence electrons. The molecule has 0 saturated heterocycles. The van der Waals surface area contributed by atoms with Gasteiger partial charge >= 0.3 is 12.0 Å². The normalized spacial score (nSPS) is 9.18. The summed E-state index contributed by atoms with van der Waals surface area (Å²) in [6, 6.07) is -0.550. The minimum absolute atomic E-state index is 0.00560. The first-order valence-electron chi connectivity index (χ1n) is 5.25. The summed E-state index contributed by atoms with van der Waals surface area (Å²) < 4.78 is 0. The highest BCUT2D eigenvalue weighted by Gasteiger charge is 2.13. The molecule has 0 aromatic rings. The molecule has 0 atom stereocenters. The summed E-state index contributed by atoms with van der Waals surface area (Å²) in [7, 11) is 0. The lowest BCUT2D eigenvalue weighted by Crippen LogP contribution is -2.42. The van der Waals surface area contributed by atoms with E-state index < -0.39 is 17.9 Å². The minimum Gasteiger partial charge on any atom is -0.481 e. The Hall–Kier alpha value is -2.03. The molecule has 6 heteroatoms. The number of carboxylic acids is 1. The summed E-state index contributed by atoms with van der Waals surface area (Å²) in [5.74, 6) is 0.847. The summed E-state index contributed by atoms with van der Waals surface area (Å²) in [4.78, 5) is 34.2. The van der Waals surface area contributed by atoms with E-state index in [1.54, 1.807) is 6.92 Å². The SMILES string of the molecule is C#CCN(CC)C(=O)NC(=O)CCCC(=O)O. The van der Waals surface area contributed by atoms with Crippen LogP contribution in [0.4, 0.5) is 4.79 Å². The van der Waals surface area contributed by atoms with E-state index in [9.17, 15) is 14.4 Å². The van der Waals surface area contributed by atoms with Crippen molar-refractivity contribution < 1.29 is 19.5 Å². The number of urea groups is 1. The molecule has 0 rings (SSSR count). The number of nitrogens with zero attached hydrogens (tertiary/aromatic N) is 1. The van der Waals surface area contributed by atoms with Crippen LogP contribution in [0.2, 0.25) is 0 Å². The molecular weight excluding hydrogens is 224 g/mol. The fourth-order valence-electron chi connectivity index (χ4n) is 1.10. The van der Waals surface area contributed by atoms with E-state index in [4.69, 9.17) is 11.5 Å². The number of carbonyl (C=O) groups excluding carboxylic acids is 2. The highest BCUT2D eigenvalue weighted by Crippen LogP contribution is 1.96. The second-order valence-corrected chi connectivity index (χ2v) is 3.32. The zero-order valence-electron chi connectivity index (χ0n) is 9.73. The first-order chi connectivity index (χ1) is 8.01.